The second-order valence-corrected chi connectivity index (χ2v) is 5.99. The first kappa shape index (κ1) is 15.4. The van der Waals surface area contributed by atoms with Crippen LogP contribution in [0.1, 0.15) is 27.2 Å². The van der Waals surface area contributed by atoms with E-state index in [2.05, 4.69) is 42.0 Å². The largest absolute Gasteiger partial charge is 0.490 e. The van der Waals surface area contributed by atoms with Crippen molar-refractivity contribution in [3.63, 3.8) is 0 Å². The summed E-state index contributed by atoms with van der Waals surface area (Å²) in [5.41, 5.74) is 0.0487. The molecular weight excluding hydrogens is 304 g/mol. The molecule has 1 aromatic carbocycles. The van der Waals surface area contributed by atoms with Crippen LogP contribution < -0.4 is 10.1 Å². The van der Waals surface area contributed by atoms with E-state index in [1.807, 2.05) is 0 Å². The summed E-state index contributed by atoms with van der Waals surface area (Å²) in [5, 5.41) is 3.29. The van der Waals surface area contributed by atoms with Crippen molar-refractivity contribution in [2.75, 3.05) is 13.2 Å². The first-order chi connectivity index (χ1) is 8.29. The summed E-state index contributed by atoms with van der Waals surface area (Å²) in [4.78, 5) is 0. The maximum atomic E-state index is 13.3. The third-order valence-electron chi connectivity index (χ3n) is 2.19. The molecule has 18 heavy (non-hydrogen) atoms. The molecule has 0 bridgehead atoms. The highest BCUT2D eigenvalue weighted by molar-refractivity contribution is 9.10. The van der Waals surface area contributed by atoms with E-state index < -0.39 is 11.6 Å². The van der Waals surface area contributed by atoms with Crippen LogP contribution in [0.2, 0.25) is 0 Å². The van der Waals surface area contributed by atoms with Crippen molar-refractivity contribution in [1.82, 2.24) is 5.32 Å². The lowest BCUT2D eigenvalue weighted by atomic mass is 10.1. The van der Waals surface area contributed by atoms with Crippen molar-refractivity contribution in [3.8, 4) is 5.75 Å². The SMILES string of the molecule is CC(C)(C)NCCCOc1cc(Br)cc(F)c1F. The van der Waals surface area contributed by atoms with E-state index in [9.17, 15) is 8.78 Å². The summed E-state index contributed by atoms with van der Waals surface area (Å²) in [5.74, 6) is -1.91. The molecule has 0 aromatic heterocycles. The van der Waals surface area contributed by atoms with Crippen LogP contribution in [0.4, 0.5) is 8.78 Å². The highest BCUT2D eigenvalue weighted by Gasteiger charge is 2.11. The molecule has 1 rings (SSSR count). The highest BCUT2D eigenvalue weighted by atomic mass is 79.9. The fraction of sp³-hybridized carbons (Fsp3) is 0.538. The Morgan fingerprint density at radius 2 is 1.94 bits per heavy atom. The summed E-state index contributed by atoms with van der Waals surface area (Å²) in [6.45, 7) is 7.31. The third kappa shape index (κ3) is 5.31. The summed E-state index contributed by atoms with van der Waals surface area (Å²) < 4.78 is 32.1. The van der Waals surface area contributed by atoms with Gasteiger partial charge in [-0.2, -0.15) is 4.39 Å². The monoisotopic (exact) mass is 321 g/mol. The Labute approximate surface area is 115 Å². The smallest absolute Gasteiger partial charge is 0.200 e. The molecule has 0 unspecified atom stereocenters. The lowest BCUT2D eigenvalue weighted by molar-refractivity contribution is 0.280. The van der Waals surface area contributed by atoms with Crippen molar-refractivity contribution >= 4 is 15.9 Å². The fourth-order valence-electron chi connectivity index (χ4n) is 1.36. The van der Waals surface area contributed by atoms with Gasteiger partial charge >= 0.3 is 0 Å². The van der Waals surface area contributed by atoms with Crippen LogP contribution in [0.3, 0.4) is 0 Å². The Bertz CT molecular complexity index is 405. The lowest BCUT2D eigenvalue weighted by Gasteiger charge is -2.20. The van der Waals surface area contributed by atoms with E-state index in [-0.39, 0.29) is 11.3 Å². The summed E-state index contributed by atoms with van der Waals surface area (Å²) >= 11 is 3.10. The fourth-order valence-corrected chi connectivity index (χ4v) is 1.76. The zero-order valence-corrected chi connectivity index (χ0v) is 12.4. The van der Waals surface area contributed by atoms with Crippen LogP contribution in [-0.2, 0) is 0 Å². The summed E-state index contributed by atoms with van der Waals surface area (Å²) in [7, 11) is 0. The molecule has 0 fully saturated rings. The number of hydrogen-bond acceptors (Lipinski definition) is 2. The number of nitrogens with one attached hydrogen (secondary N) is 1. The number of benzene rings is 1. The molecule has 0 heterocycles. The van der Waals surface area contributed by atoms with Gasteiger partial charge in [-0.15, -0.1) is 0 Å². The van der Waals surface area contributed by atoms with Gasteiger partial charge in [-0.1, -0.05) is 15.9 Å². The van der Waals surface area contributed by atoms with Crippen molar-refractivity contribution < 1.29 is 13.5 Å². The number of ether oxygens (including phenoxy) is 1. The molecule has 0 aliphatic heterocycles. The van der Waals surface area contributed by atoms with Gasteiger partial charge < -0.3 is 10.1 Å². The number of rotatable bonds is 5. The summed E-state index contributed by atoms with van der Waals surface area (Å²) in [6, 6.07) is 2.50. The molecule has 0 aliphatic rings. The molecule has 0 atom stereocenters. The van der Waals surface area contributed by atoms with Gasteiger partial charge in [-0.05, 0) is 45.9 Å². The quantitative estimate of drug-likeness (QED) is 0.656. The Kier molecular flexibility index (Phi) is 5.53. The molecule has 1 aromatic rings. The van der Waals surface area contributed by atoms with Gasteiger partial charge in [0.25, 0.3) is 0 Å². The van der Waals surface area contributed by atoms with Crippen LogP contribution in [0.5, 0.6) is 5.75 Å². The average molecular weight is 322 g/mol. The third-order valence-corrected chi connectivity index (χ3v) is 2.65. The van der Waals surface area contributed by atoms with E-state index in [1.165, 1.54) is 6.07 Å². The van der Waals surface area contributed by atoms with Crippen molar-refractivity contribution in [2.45, 2.75) is 32.7 Å². The minimum Gasteiger partial charge on any atom is -0.490 e. The molecule has 0 aliphatic carbocycles. The molecule has 2 nitrogen and oxygen atoms in total. The van der Waals surface area contributed by atoms with Crippen molar-refractivity contribution in [3.05, 3.63) is 28.2 Å². The Morgan fingerprint density at radius 3 is 2.56 bits per heavy atom. The van der Waals surface area contributed by atoms with Gasteiger partial charge in [-0.25, -0.2) is 4.39 Å². The standard InChI is InChI=1S/C13H18BrF2NO/c1-13(2,3)17-5-4-6-18-11-8-9(14)7-10(15)12(11)16/h7-8,17H,4-6H2,1-3H3. The zero-order chi connectivity index (χ0) is 13.8. The molecule has 5 heteroatoms. The first-order valence-corrected chi connectivity index (χ1v) is 6.61. The van der Waals surface area contributed by atoms with Crippen LogP contribution in [0.15, 0.2) is 16.6 Å². The van der Waals surface area contributed by atoms with Crippen LogP contribution >= 0.6 is 15.9 Å². The molecule has 0 radical (unpaired) electrons. The second kappa shape index (κ2) is 6.48. The normalized spacial score (nSPS) is 11.7. The molecule has 0 saturated heterocycles. The Morgan fingerprint density at radius 1 is 1.28 bits per heavy atom. The average Bonchev–Trinajstić information content (AvgIpc) is 2.22. The minimum absolute atomic E-state index is 0.0487. The summed E-state index contributed by atoms with van der Waals surface area (Å²) in [6.07, 6.45) is 0.727. The van der Waals surface area contributed by atoms with Crippen LogP contribution in [-0.4, -0.2) is 18.7 Å². The predicted molar refractivity (Wildman–Crippen MR) is 71.9 cm³/mol. The number of halogens is 3. The molecule has 102 valence electrons. The van der Waals surface area contributed by atoms with Crippen LogP contribution in [0.25, 0.3) is 0 Å². The van der Waals surface area contributed by atoms with Gasteiger partial charge in [0.05, 0.1) is 6.61 Å². The van der Waals surface area contributed by atoms with Gasteiger partial charge in [0, 0.05) is 10.0 Å². The molecule has 0 saturated carbocycles. The Balaban J connectivity index is 2.40. The molecule has 1 N–H and O–H groups in total. The van der Waals surface area contributed by atoms with E-state index >= 15 is 0 Å². The number of hydrogen-bond donors (Lipinski definition) is 1. The Hall–Kier alpha value is -0.680. The van der Waals surface area contributed by atoms with Gasteiger partial charge in [0.1, 0.15) is 0 Å². The zero-order valence-electron chi connectivity index (χ0n) is 10.8. The van der Waals surface area contributed by atoms with Crippen molar-refractivity contribution in [2.24, 2.45) is 0 Å². The molecular formula is C13H18BrF2NO. The topological polar surface area (TPSA) is 21.3 Å². The van der Waals surface area contributed by atoms with Gasteiger partial charge in [0.2, 0.25) is 5.82 Å². The van der Waals surface area contributed by atoms with Gasteiger partial charge in [0.15, 0.2) is 11.6 Å². The van der Waals surface area contributed by atoms with E-state index in [0.29, 0.717) is 11.1 Å². The highest BCUT2D eigenvalue weighted by Crippen LogP contribution is 2.25. The maximum Gasteiger partial charge on any atom is 0.200 e. The van der Waals surface area contributed by atoms with Crippen molar-refractivity contribution in [1.29, 1.82) is 0 Å². The lowest BCUT2D eigenvalue weighted by Crippen LogP contribution is -2.36. The van der Waals surface area contributed by atoms with Gasteiger partial charge in [-0.3, -0.25) is 0 Å². The first-order valence-electron chi connectivity index (χ1n) is 5.82. The van der Waals surface area contributed by atoms with E-state index in [1.54, 1.807) is 0 Å². The van der Waals surface area contributed by atoms with E-state index in [4.69, 9.17) is 4.74 Å². The molecule has 0 spiro atoms. The van der Waals surface area contributed by atoms with Crippen LogP contribution in [0, 0.1) is 11.6 Å². The maximum absolute atomic E-state index is 13.3. The molecule has 0 amide bonds. The van der Waals surface area contributed by atoms with E-state index in [0.717, 1.165) is 19.0 Å². The predicted octanol–water partition coefficient (Wildman–Crippen LogP) is 3.88. The second-order valence-electron chi connectivity index (χ2n) is 5.08. The minimum atomic E-state index is -0.943.